The van der Waals surface area contributed by atoms with Gasteiger partial charge in [-0.3, -0.25) is 0 Å². The molecule has 1 heteroatoms. The van der Waals surface area contributed by atoms with E-state index in [0.29, 0.717) is 5.92 Å². The minimum absolute atomic E-state index is 0.428. The van der Waals surface area contributed by atoms with Crippen molar-refractivity contribution in [3.05, 3.63) is 59.7 Å². The van der Waals surface area contributed by atoms with E-state index in [1.807, 2.05) is 0 Å². The molecule has 0 bridgehead atoms. The Morgan fingerprint density at radius 2 is 2.00 bits per heavy atom. The number of rotatable bonds is 6. The molecule has 17 heavy (non-hydrogen) atoms. The topological polar surface area (TPSA) is 26.0 Å². The van der Waals surface area contributed by atoms with Gasteiger partial charge >= 0.3 is 0 Å². The molecule has 0 amide bonds. The normalized spacial score (nSPS) is 14.2. The first-order valence-corrected chi connectivity index (χ1v) is 6.41. The van der Waals surface area contributed by atoms with Crippen LogP contribution in [0.2, 0.25) is 0 Å². The van der Waals surface area contributed by atoms with E-state index in [9.17, 15) is 0 Å². The highest BCUT2D eigenvalue weighted by Crippen LogP contribution is 2.28. The third kappa shape index (κ3) is 4.20. The zero-order chi connectivity index (χ0) is 12.5. The van der Waals surface area contributed by atoms with Crippen LogP contribution in [-0.2, 0) is 0 Å². The summed E-state index contributed by atoms with van der Waals surface area (Å²) in [5.41, 5.74) is 8.48. The number of benzene rings is 1. The molecule has 1 rings (SSSR count). The van der Waals surface area contributed by atoms with E-state index in [2.05, 4.69) is 62.4 Å². The molecule has 0 aliphatic heterocycles. The van der Waals surface area contributed by atoms with Gasteiger partial charge in [0.1, 0.15) is 0 Å². The molecule has 1 nitrogen and oxygen atoms in total. The van der Waals surface area contributed by atoms with E-state index in [4.69, 9.17) is 5.73 Å². The van der Waals surface area contributed by atoms with Gasteiger partial charge in [0.05, 0.1) is 0 Å². The fraction of sp³-hybridized carbons (Fsp3) is 0.375. The maximum Gasteiger partial charge on any atom is 0.00980 e. The predicted molar refractivity (Wildman–Crippen MR) is 76.0 cm³/mol. The molecule has 1 aromatic carbocycles. The van der Waals surface area contributed by atoms with Crippen molar-refractivity contribution in [3.8, 4) is 0 Å². The Kier molecular flexibility index (Phi) is 6.34. The molecule has 1 unspecified atom stereocenters. The van der Waals surface area contributed by atoms with Gasteiger partial charge in [0, 0.05) is 5.92 Å². The molecule has 1 aromatic rings. The monoisotopic (exact) mass is 229 g/mol. The number of hydrogen-bond acceptors (Lipinski definition) is 1. The highest BCUT2D eigenvalue weighted by atomic mass is 14.5. The molecular weight excluding hydrogens is 206 g/mol. The van der Waals surface area contributed by atoms with E-state index in [1.165, 1.54) is 11.1 Å². The zero-order valence-corrected chi connectivity index (χ0v) is 10.9. The molecule has 0 heterocycles. The average Bonchev–Trinajstić information content (AvgIpc) is 2.37. The van der Waals surface area contributed by atoms with Crippen LogP contribution in [0, 0.1) is 0 Å². The first-order chi connectivity index (χ1) is 8.33. The lowest BCUT2D eigenvalue weighted by Crippen LogP contribution is -2.09. The van der Waals surface area contributed by atoms with Gasteiger partial charge in [0.25, 0.3) is 0 Å². The summed E-state index contributed by atoms with van der Waals surface area (Å²) < 4.78 is 0. The molecule has 0 fully saturated rings. The second kappa shape index (κ2) is 7.86. The quantitative estimate of drug-likeness (QED) is 0.732. The van der Waals surface area contributed by atoms with E-state index in [1.54, 1.807) is 0 Å². The Labute approximate surface area is 105 Å². The minimum Gasteiger partial charge on any atom is -0.330 e. The van der Waals surface area contributed by atoms with Crippen LogP contribution in [0.15, 0.2) is 54.1 Å². The number of hydrogen-bond donors (Lipinski definition) is 1. The van der Waals surface area contributed by atoms with Crippen molar-refractivity contribution in [1.29, 1.82) is 0 Å². The smallest absolute Gasteiger partial charge is 0.00980 e. The van der Waals surface area contributed by atoms with Crippen LogP contribution in [0.25, 0.3) is 0 Å². The molecule has 0 aliphatic rings. The van der Waals surface area contributed by atoms with E-state index in [0.717, 1.165) is 19.4 Å². The molecular formula is C16H23N. The lowest BCUT2D eigenvalue weighted by Gasteiger charge is -2.18. The molecule has 0 aliphatic carbocycles. The summed E-state index contributed by atoms with van der Waals surface area (Å²) in [6, 6.07) is 10.6. The Balaban J connectivity index is 3.02. The maximum atomic E-state index is 5.75. The molecule has 0 saturated carbocycles. The van der Waals surface area contributed by atoms with E-state index < -0.39 is 0 Å². The van der Waals surface area contributed by atoms with Gasteiger partial charge in [-0.25, -0.2) is 0 Å². The van der Waals surface area contributed by atoms with Crippen LogP contribution in [0.1, 0.15) is 38.2 Å². The molecule has 1 atom stereocenters. The number of allylic oxidation sites excluding steroid dienone is 4. The lowest BCUT2D eigenvalue weighted by molar-refractivity contribution is 0.722. The van der Waals surface area contributed by atoms with Crippen molar-refractivity contribution >= 4 is 0 Å². The summed E-state index contributed by atoms with van der Waals surface area (Å²) in [4.78, 5) is 0. The zero-order valence-electron chi connectivity index (χ0n) is 10.9. The van der Waals surface area contributed by atoms with Crippen molar-refractivity contribution in [2.24, 2.45) is 5.73 Å². The standard InChI is InChI=1S/C16H23N/c1-3-8-14(9-4-2)16(12-13-17)15-10-6-5-7-11-15/h3,5-11,16H,4,12-13,17H2,1-2H3/b8-3-,14-9+. The molecule has 0 aromatic heterocycles. The van der Waals surface area contributed by atoms with Gasteiger partial charge in [0.15, 0.2) is 0 Å². The first-order valence-electron chi connectivity index (χ1n) is 6.41. The van der Waals surface area contributed by atoms with Crippen LogP contribution >= 0.6 is 0 Å². The van der Waals surface area contributed by atoms with Gasteiger partial charge < -0.3 is 5.73 Å². The molecule has 0 radical (unpaired) electrons. The van der Waals surface area contributed by atoms with Gasteiger partial charge in [0.2, 0.25) is 0 Å². The minimum atomic E-state index is 0.428. The van der Waals surface area contributed by atoms with Crippen molar-refractivity contribution in [2.75, 3.05) is 6.54 Å². The summed E-state index contributed by atoms with van der Waals surface area (Å²) in [5, 5.41) is 0. The highest BCUT2D eigenvalue weighted by molar-refractivity contribution is 5.34. The van der Waals surface area contributed by atoms with Gasteiger partial charge in [-0.2, -0.15) is 0 Å². The van der Waals surface area contributed by atoms with Gasteiger partial charge in [-0.1, -0.05) is 55.5 Å². The largest absolute Gasteiger partial charge is 0.330 e. The fourth-order valence-corrected chi connectivity index (χ4v) is 2.13. The highest BCUT2D eigenvalue weighted by Gasteiger charge is 2.13. The lowest BCUT2D eigenvalue weighted by atomic mass is 9.87. The second-order valence-corrected chi connectivity index (χ2v) is 4.15. The van der Waals surface area contributed by atoms with Crippen molar-refractivity contribution in [1.82, 2.24) is 0 Å². The van der Waals surface area contributed by atoms with E-state index >= 15 is 0 Å². The van der Waals surface area contributed by atoms with Gasteiger partial charge in [-0.15, -0.1) is 0 Å². The van der Waals surface area contributed by atoms with Gasteiger partial charge in [-0.05, 0) is 37.4 Å². The molecule has 0 spiro atoms. The van der Waals surface area contributed by atoms with Crippen LogP contribution in [-0.4, -0.2) is 6.54 Å². The third-order valence-corrected chi connectivity index (χ3v) is 2.86. The van der Waals surface area contributed by atoms with Crippen LogP contribution in [0.5, 0.6) is 0 Å². The Morgan fingerprint density at radius 1 is 1.29 bits per heavy atom. The maximum absolute atomic E-state index is 5.75. The van der Waals surface area contributed by atoms with E-state index in [-0.39, 0.29) is 0 Å². The van der Waals surface area contributed by atoms with Crippen molar-refractivity contribution in [2.45, 2.75) is 32.6 Å². The summed E-state index contributed by atoms with van der Waals surface area (Å²) >= 11 is 0. The summed E-state index contributed by atoms with van der Waals surface area (Å²) in [6.07, 6.45) is 8.67. The Morgan fingerprint density at radius 3 is 2.53 bits per heavy atom. The SMILES string of the molecule is C/C=C\C(=C/CC)C(CCN)c1ccccc1. The summed E-state index contributed by atoms with van der Waals surface area (Å²) in [7, 11) is 0. The average molecular weight is 229 g/mol. The summed E-state index contributed by atoms with van der Waals surface area (Å²) in [6.45, 7) is 4.96. The Hall–Kier alpha value is -1.34. The summed E-state index contributed by atoms with van der Waals surface area (Å²) in [5.74, 6) is 0.428. The second-order valence-electron chi connectivity index (χ2n) is 4.15. The first kappa shape index (κ1) is 13.7. The number of nitrogens with two attached hydrogens (primary N) is 1. The Bertz CT molecular complexity index is 362. The molecule has 0 saturated heterocycles. The third-order valence-electron chi connectivity index (χ3n) is 2.86. The fourth-order valence-electron chi connectivity index (χ4n) is 2.13. The molecule has 2 N–H and O–H groups in total. The van der Waals surface area contributed by atoms with Crippen molar-refractivity contribution < 1.29 is 0 Å². The van der Waals surface area contributed by atoms with Crippen LogP contribution in [0.4, 0.5) is 0 Å². The van der Waals surface area contributed by atoms with Crippen molar-refractivity contribution in [3.63, 3.8) is 0 Å². The predicted octanol–water partition coefficient (Wildman–Crippen LogP) is 4.03. The molecule has 92 valence electrons. The van der Waals surface area contributed by atoms with Crippen LogP contribution in [0.3, 0.4) is 0 Å². The van der Waals surface area contributed by atoms with Crippen LogP contribution < -0.4 is 5.73 Å².